The first-order valence-electron chi connectivity index (χ1n) is 6.51. The molecule has 0 bridgehead atoms. The molecule has 0 spiro atoms. The Hall–Kier alpha value is -2.95. The van der Waals surface area contributed by atoms with Crippen LogP contribution in [0.3, 0.4) is 0 Å². The van der Waals surface area contributed by atoms with Crippen molar-refractivity contribution in [3.8, 4) is 11.4 Å². The molecule has 0 aliphatic rings. The highest BCUT2D eigenvalue weighted by Crippen LogP contribution is 2.19. The lowest BCUT2D eigenvalue weighted by molar-refractivity contribution is 0.411. The molecule has 0 fully saturated rings. The molecule has 2 aromatic heterocycles. The van der Waals surface area contributed by atoms with Crippen LogP contribution >= 0.6 is 0 Å². The van der Waals surface area contributed by atoms with Crippen molar-refractivity contribution in [3.05, 3.63) is 59.7 Å². The molecule has 2 heterocycles. The summed E-state index contributed by atoms with van der Waals surface area (Å²) in [6.45, 7) is 1.98. The van der Waals surface area contributed by atoms with E-state index in [-0.39, 0.29) is 0 Å². The van der Waals surface area contributed by atoms with E-state index in [1.165, 1.54) is 0 Å². The third-order valence-electron chi connectivity index (χ3n) is 3.08. The van der Waals surface area contributed by atoms with Gasteiger partial charge in [-0.1, -0.05) is 17.3 Å². The largest absolute Gasteiger partial charge is 0.399 e. The van der Waals surface area contributed by atoms with E-state index in [9.17, 15) is 0 Å². The second kappa shape index (κ2) is 5.58. The van der Waals surface area contributed by atoms with Crippen molar-refractivity contribution in [2.75, 3.05) is 5.73 Å². The summed E-state index contributed by atoms with van der Waals surface area (Å²) in [6.07, 6.45) is 7.13. The zero-order chi connectivity index (χ0) is 14.7. The first kappa shape index (κ1) is 13.1. The second-order valence-electron chi connectivity index (χ2n) is 4.65. The molecule has 2 N–H and O–H groups in total. The lowest BCUT2D eigenvalue weighted by Gasteiger charge is -1.96. The molecule has 5 nitrogen and oxygen atoms in total. The van der Waals surface area contributed by atoms with E-state index in [4.69, 9.17) is 10.3 Å². The van der Waals surface area contributed by atoms with Crippen LogP contribution in [-0.2, 0) is 0 Å². The molecule has 1 aromatic carbocycles. The van der Waals surface area contributed by atoms with Gasteiger partial charge in [0.15, 0.2) is 0 Å². The molecule has 0 aliphatic carbocycles. The van der Waals surface area contributed by atoms with Crippen LogP contribution in [0.25, 0.3) is 23.5 Å². The number of pyridine rings is 1. The van der Waals surface area contributed by atoms with Gasteiger partial charge in [-0.05, 0) is 42.3 Å². The van der Waals surface area contributed by atoms with Crippen molar-refractivity contribution in [1.29, 1.82) is 0 Å². The standard InChI is InChI=1S/C16H14N4O/c1-11-8-9-18-10-14(11)16-19-15(21-20-16)7-4-12-2-5-13(17)6-3-12/h2-10H,17H2,1H3/b7-4+. The van der Waals surface area contributed by atoms with Crippen molar-refractivity contribution in [2.24, 2.45) is 0 Å². The Labute approximate surface area is 122 Å². The maximum atomic E-state index is 5.64. The average Bonchev–Trinajstić information content (AvgIpc) is 2.96. The third kappa shape index (κ3) is 2.97. The van der Waals surface area contributed by atoms with Crippen LogP contribution in [-0.4, -0.2) is 15.1 Å². The van der Waals surface area contributed by atoms with Gasteiger partial charge in [0.2, 0.25) is 5.82 Å². The number of nitrogen functional groups attached to an aromatic ring is 1. The Kier molecular flexibility index (Phi) is 3.47. The van der Waals surface area contributed by atoms with Gasteiger partial charge in [0.25, 0.3) is 5.89 Å². The normalized spacial score (nSPS) is 11.1. The Morgan fingerprint density at radius 3 is 2.67 bits per heavy atom. The van der Waals surface area contributed by atoms with E-state index >= 15 is 0 Å². The highest BCUT2D eigenvalue weighted by Gasteiger charge is 2.08. The maximum absolute atomic E-state index is 5.64. The fourth-order valence-electron chi connectivity index (χ4n) is 1.89. The predicted molar refractivity (Wildman–Crippen MR) is 82.0 cm³/mol. The van der Waals surface area contributed by atoms with Crippen molar-refractivity contribution in [2.45, 2.75) is 6.92 Å². The Balaban J connectivity index is 1.82. The summed E-state index contributed by atoms with van der Waals surface area (Å²) in [5, 5.41) is 3.98. The Bertz CT molecular complexity index is 775. The second-order valence-corrected chi connectivity index (χ2v) is 4.65. The average molecular weight is 278 g/mol. The van der Waals surface area contributed by atoms with Gasteiger partial charge in [0.1, 0.15) is 0 Å². The molecule has 0 unspecified atom stereocenters. The van der Waals surface area contributed by atoms with Gasteiger partial charge in [0.05, 0.1) is 0 Å². The molecule has 0 aliphatic heterocycles. The number of hydrogen-bond acceptors (Lipinski definition) is 5. The summed E-state index contributed by atoms with van der Waals surface area (Å²) in [4.78, 5) is 8.43. The van der Waals surface area contributed by atoms with Gasteiger partial charge in [0, 0.05) is 29.7 Å². The Morgan fingerprint density at radius 1 is 1.10 bits per heavy atom. The van der Waals surface area contributed by atoms with E-state index in [2.05, 4.69) is 15.1 Å². The van der Waals surface area contributed by atoms with Gasteiger partial charge < -0.3 is 10.3 Å². The number of aryl methyl sites for hydroxylation is 1. The predicted octanol–water partition coefficient (Wildman–Crippen LogP) is 3.19. The monoisotopic (exact) mass is 278 g/mol. The van der Waals surface area contributed by atoms with E-state index in [1.807, 2.05) is 43.3 Å². The number of anilines is 1. The molecule has 21 heavy (non-hydrogen) atoms. The fourth-order valence-corrected chi connectivity index (χ4v) is 1.89. The van der Waals surface area contributed by atoms with Gasteiger partial charge in [-0.3, -0.25) is 4.98 Å². The third-order valence-corrected chi connectivity index (χ3v) is 3.08. The topological polar surface area (TPSA) is 77.8 Å². The number of nitrogens with zero attached hydrogens (tertiary/aromatic N) is 3. The lowest BCUT2D eigenvalue weighted by Crippen LogP contribution is -1.86. The zero-order valence-electron chi connectivity index (χ0n) is 11.5. The minimum Gasteiger partial charge on any atom is -0.399 e. The van der Waals surface area contributed by atoms with Crippen LogP contribution < -0.4 is 5.73 Å². The minimum absolute atomic E-state index is 0.449. The van der Waals surface area contributed by atoms with Crippen LogP contribution in [0.15, 0.2) is 47.2 Å². The molecule has 0 saturated heterocycles. The Morgan fingerprint density at radius 2 is 1.90 bits per heavy atom. The summed E-state index contributed by atoms with van der Waals surface area (Å²) in [5.74, 6) is 0.989. The molecule has 0 saturated carbocycles. The van der Waals surface area contributed by atoms with Crippen LogP contribution in [0.2, 0.25) is 0 Å². The van der Waals surface area contributed by atoms with Gasteiger partial charge in [-0.2, -0.15) is 4.98 Å². The van der Waals surface area contributed by atoms with Crippen molar-refractivity contribution in [1.82, 2.24) is 15.1 Å². The lowest BCUT2D eigenvalue weighted by atomic mass is 10.1. The van der Waals surface area contributed by atoms with Gasteiger partial charge in [-0.15, -0.1) is 0 Å². The van der Waals surface area contributed by atoms with Crippen LogP contribution in [0.5, 0.6) is 0 Å². The summed E-state index contributed by atoms with van der Waals surface area (Å²) in [6, 6.07) is 9.45. The van der Waals surface area contributed by atoms with E-state index in [1.54, 1.807) is 18.5 Å². The van der Waals surface area contributed by atoms with Gasteiger partial charge >= 0.3 is 0 Å². The number of hydrogen-bond donors (Lipinski definition) is 1. The SMILES string of the molecule is Cc1ccncc1-c1noc(/C=C/c2ccc(N)cc2)n1. The van der Waals surface area contributed by atoms with Crippen LogP contribution in [0.4, 0.5) is 5.69 Å². The van der Waals surface area contributed by atoms with Gasteiger partial charge in [-0.25, -0.2) is 0 Å². The first-order chi connectivity index (χ1) is 10.2. The molecule has 3 aromatic rings. The van der Waals surface area contributed by atoms with Crippen molar-refractivity contribution >= 4 is 17.8 Å². The molecule has 0 amide bonds. The highest BCUT2D eigenvalue weighted by atomic mass is 16.5. The summed E-state index contributed by atoms with van der Waals surface area (Å²) in [7, 11) is 0. The molecular formula is C16H14N4O. The molecule has 5 heteroatoms. The summed E-state index contributed by atoms with van der Waals surface area (Å²) >= 11 is 0. The van der Waals surface area contributed by atoms with Crippen LogP contribution in [0, 0.1) is 6.92 Å². The molecular weight excluding hydrogens is 264 g/mol. The first-order valence-corrected chi connectivity index (χ1v) is 6.51. The fraction of sp³-hybridized carbons (Fsp3) is 0.0625. The number of rotatable bonds is 3. The zero-order valence-corrected chi connectivity index (χ0v) is 11.5. The molecule has 3 rings (SSSR count). The highest BCUT2D eigenvalue weighted by molar-refractivity contribution is 5.68. The van der Waals surface area contributed by atoms with E-state index < -0.39 is 0 Å². The number of nitrogens with two attached hydrogens (primary N) is 1. The van der Waals surface area contributed by atoms with E-state index in [0.717, 1.165) is 22.4 Å². The number of aromatic nitrogens is 3. The molecule has 0 atom stereocenters. The van der Waals surface area contributed by atoms with Crippen molar-refractivity contribution < 1.29 is 4.52 Å². The number of benzene rings is 1. The van der Waals surface area contributed by atoms with E-state index in [0.29, 0.717) is 11.7 Å². The quantitative estimate of drug-likeness (QED) is 0.744. The van der Waals surface area contributed by atoms with Crippen molar-refractivity contribution in [3.63, 3.8) is 0 Å². The molecule has 0 radical (unpaired) electrons. The summed E-state index contributed by atoms with van der Waals surface area (Å²) < 4.78 is 5.22. The maximum Gasteiger partial charge on any atom is 0.250 e. The van der Waals surface area contributed by atoms with Crippen LogP contribution in [0.1, 0.15) is 17.0 Å². The molecule has 104 valence electrons. The minimum atomic E-state index is 0.449. The smallest absolute Gasteiger partial charge is 0.250 e. The summed E-state index contributed by atoms with van der Waals surface area (Å²) in [5.41, 5.74) is 9.32.